The van der Waals surface area contributed by atoms with Crippen LogP contribution in [0.15, 0.2) is 48.9 Å². The SMILES string of the molecule is OC(C(F)F)C(c1ccc(Cc2ccc(C(F)(F)F)cc2)cn1)n1cnnn1. The Morgan fingerprint density at radius 1 is 1.00 bits per heavy atom. The summed E-state index contributed by atoms with van der Waals surface area (Å²) in [6.45, 7) is 0. The second-order valence-corrected chi connectivity index (χ2v) is 6.02. The van der Waals surface area contributed by atoms with E-state index in [4.69, 9.17) is 0 Å². The van der Waals surface area contributed by atoms with Crippen molar-refractivity contribution in [2.75, 3.05) is 0 Å². The van der Waals surface area contributed by atoms with Crippen LogP contribution in [0.5, 0.6) is 0 Å². The smallest absolute Gasteiger partial charge is 0.384 e. The summed E-state index contributed by atoms with van der Waals surface area (Å²) in [4.78, 5) is 4.10. The first-order valence-corrected chi connectivity index (χ1v) is 8.05. The molecule has 28 heavy (non-hydrogen) atoms. The van der Waals surface area contributed by atoms with Crippen molar-refractivity contribution < 1.29 is 27.1 Å². The van der Waals surface area contributed by atoms with Crippen LogP contribution in [0.2, 0.25) is 0 Å². The van der Waals surface area contributed by atoms with E-state index < -0.39 is 30.3 Å². The molecule has 11 heteroatoms. The second-order valence-electron chi connectivity index (χ2n) is 6.02. The summed E-state index contributed by atoms with van der Waals surface area (Å²) in [5.41, 5.74) is 0.670. The van der Waals surface area contributed by atoms with Gasteiger partial charge in [-0.3, -0.25) is 4.98 Å². The molecule has 2 heterocycles. The van der Waals surface area contributed by atoms with Gasteiger partial charge in [-0.2, -0.15) is 13.2 Å². The number of alkyl halides is 5. The highest BCUT2D eigenvalue weighted by atomic mass is 19.4. The molecule has 0 saturated heterocycles. The molecule has 3 rings (SSSR count). The number of hydrogen-bond acceptors (Lipinski definition) is 5. The molecular weight excluding hydrogens is 385 g/mol. The molecule has 6 nitrogen and oxygen atoms in total. The van der Waals surface area contributed by atoms with Crippen molar-refractivity contribution in [2.24, 2.45) is 0 Å². The Hall–Kier alpha value is -2.95. The van der Waals surface area contributed by atoms with Crippen LogP contribution in [0.3, 0.4) is 0 Å². The van der Waals surface area contributed by atoms with Crippen molar-refractivity contribution in [1.29, 1.82) is 0 Å². The van der Waals surface area contributed by atoms with Gasteiger partial charge in [0.1, 0.15) is 18.5 Å². The molecular formula is C17H14F5N5O. The highest BCUT2D eigenvalue weighted by molar-refractivity contribution is 5.29. The van der Waals surface area contributed by atoms with Gasteiger partial charge in [-0.15, -0.1) is 5.10 Å². The van der Waals surface area contributed by atoms with E-state index in [1.807, 2.05) is 0 Å². The Morgan fingerprint density at radius 2 is 1.68 bits per heavy atom. The fraction of sp³-hybridized carbons (Fsp3) is 0.294. The lowest BCUT2D eigenvalue weighted by atomic mass is 10.0. The number of aromatic nitrogens is 5. The molecule has 0 aliphatic heterocycles. The van der Waals surface area contributed by atoms with Gasteiger partial charge in [0.05, 0.1) is 11.3 Å². The van der Waals surface area contributed by atoms with Crippen molar-refractivity contribution in [3.8, 4) is 0 Å². The predicted octanol–water partition coefficient (Wildman–Crippen LogP) is 2.89. The first-order chi connectivity index (χ1) is 13.3. The van der Waals surface area contributed by atoms with Gasteiger partial charge in [0.2, 0.25) is 0 Å². The van der Waals surface area contributed by atoms with Crippen molar-refractivity contribution in [2.45, 2.75) is 31.2 Å². The van der Waals surface area contributed by atoms with E-state index in [0.717, 1.165) is 23.1 Å². The highest BCUT2D eigenvalue weighted by Gasteiger charge is 2.32. The zero-order chi connectivity index (χ0) is 20.3. The summed E-state index contributed by atoms with van der Waals surface area (Å²) in [6, 6.07) is 6.46. The van der Waals surface area contributed by atoms with E-state index in [0.29, 0.717) is 17.5 Å². The fourth-order valence-corrected chi connectivity index (χ4v) is 2.66. The second kappa shape index (κ2) is 7.97. The quantitative estimate of drug-likeness (QED) is 0.645. The Morgan fingerprint density at radius 3 is 2.18 bits per heavy atom. The summed E-state index contributed by atoms with van der Waals surface area (Å²) in [5, 5.41) is 20.1. The molecule has 0 amide bonds. The van der Waals surface area contributed by atoms with Crippen LogP contribution in [-0.2, 0) is 12.6 Å². The Balaban J connectivity index is 1.78. The number of tetrazole rings is 1. The number of benzene rings is 1. The monoisotopic (exact) mass is 399 g/mol. The third-order valence-corrected chi connectivity index (χ3v) is 4.07. The molecule has 0 saturated carbocycles. The lowest BCUT2D eigenvalue weighted by Gasteiger charge is -2.21. The van der Waals surface area contributed by atoms with Crippen molar-refractivity contribution >= 4 is 0 Å². The minimum Gasteiger partial charge on any atom is -0.384 e. The van der Waals surface area contributed by atoms with Crippen LogP contribution in [-0.4, -0.2) is 42.8 Å². The molecule has 0 aliphatic carbocycles. The molecule has 0 fully saturated rings. The molecule has 0 aliphatic rings. The first-order valence-electron chi connectivity index (χ1n) is 8.05. The standard InChI is InChI=1S/C17H14F5N5O/c18-16(19)15(28)14(27-9-24-25-26-27)13-6-3-11(8-23-13)7-10-1-4-12(5-2-10)17(20,21)22/h1-6,8-9,14-16,28H,7H2. The molecule has 0 bridgehead atoms. The lowest BCUT2D eigenvalue weighted by molar-refractivity contribution is -0.137. The maximum atomic E-state index is 13.0. The third kappa shape index (κ3) is 4.47. The summed E-state index contributed by atoms with van der Waals surface area (Å²) < 4.78 is 64.8. The molecule has 148 valence electrons. The number of pyridine rings is 1. The van der Waals surface area contributed by atoms with Crippen LogP contribution in [0.25, 0.3) is 0 Å². The topological polar surface area (TPSA) is 76.7 Å². The highest BCUT2D eigenvalue weighted by Crippen LogP contribution is 2.29. The van der Waals surface area contributed by atoms with E-state index >= 15 is 0 Å². The number of rotatable bonds is 6. The van der Waals surface area contributed by atoms with Gasteiger partial charge >= 0.3 is 6.18 Å². The van der Waals surface area contributed by atoms with Gasteiger partial charge in [0, 0.05) is 6.20 Å². The number of nitrogens with zero attached hydrogens (tertiary/aromatic N) is 5. The molecule has 1 aromatic carbocycles. The van der Waals surface area contributed by atoms with E-state index in [1.165, 1.54) is 24.4 Å². The maximum absolute atomic E-state index is 13.0. The Kier molecular flexibility index (Phi) is 5.63. The third-order valence-electron chi connectivity index (χ3n) is 4.07. The molecule has 1 N–H and O–H groups in total. The van der Waals surface area contributed by atoms with Crippen LogP contribution in [0.1, 0.15) is 28.4 Å². The van der Waals surface area contributed by atoms with Crippen LogP contribution in [0.4, 0.5) is 22.0 Å². The van der Waals surface area contributed by atoms with Crippen LogP contribution in [0, 0.1) is 0 Å². The Bertz CT molecular complexity index is 882. The first kappa shape index (κ1) is 19.8. The van der Waals surface area contributed by atoms with E-state index in [-0.39, 0.29) is 5.69 Å². The van der Waals surface area contributed by atoms with E-state index in [1.54, 1.807) is 6.07 Å². The average molecular weight is 399 g/mol. The maximum Gasteiger partial charge on any atom is 0.416 e. The lowest BCUT2D eigenvalue weighted by Crippen LogP contribution is -2.32. The fourth-order valence-electron chi connectivity index (χ4n) is 2.66. The van der Waals surface area contributed by atoms with Gasteiger partial charge < -0.3 is 5.11 Å². The summed E-state index contributed by atoms with van der Waals surface area (Å²) in [6.07, 6.45) is -6.72. The van der Waals surface area contributed by atoms with Crippen LogP contribution >= 0.6 is 0 Å². The molecule has 2 aromatic heterocycles. The van der Waals surface area contributed by atoms with Crippen molar-refractivity contribution in [3.63, 3.8) is 0 Å². The van der Waals surface area contributed by atoms with Crippen molar-refractivity contribution in [3.05, 3.63) is 71.3 Å². The van der Waals surface area contributed by atoms with Gasteiger partial charge in [0.15, 0.2) is 0 Å². The predicted molar refractivity (Wildman–Crippen MR) is 86.5 cm³/mol. The minimum absolute atomic E-state index is 0.122. The number of halogens is 5. The number of aliphatic hydroxyl groups excluding tert-OH is 1. The van der Waals surface area contributed by atoms with Gasteiger partial charge in [0.25, 0.3) is 6.43 Å². The van der Waals surface area contributed by atoms with E-state index in [9.17, 15) is 27.1 Å². The average Bonchev–Trinajstić information content (AvgIpc) is 3.17. The van der Waals surface area contributed by atoms with Gasteiger partial charge in [-0.1, -0.05) is 18.2 Å². The van der Waals surface area contributed by atoms with Gasteiger partial charge in [-0.05, 0) is 46.2 Å². The summed E-state index contributed by atoms with van der Waals surface area (Å²) in [7, 11) is 0. The molecule has 0 radical (unpaired) electrons. The van der Waals surface area contributed by atoms with Crippen LogP contribution < -0.4 is 0 Å². The number of aliphatic hydroxyl groups is 1. The number of hydrogen-bond donors (Lipinski definition) is 1. The Labute approximate surface area is 155 Å². The summed E-state index contributed by atoms with van der Waals surface area (Å²) >= 11 is 0. The van der Waals surface area contributed by atoms with E-state index in [2.05, 4.69) is 20.5 Å². The normalized spacial score (nSPS) is 14.2. The minimum atomic E-state index is -4.40. The molecule has 2 atom stereocenters. The molecule has 0 spiro atoms. The summed E-state index contributed by atoms with van der Waals surface area (Å²) in [5.74, 6) is 0. The zero-order valence-corrected chi connectivity index (χ0v) is 14.1. The molecule has 2 unspecified atom stereocenters. The largest absolute Gasteiger partial charge is 0.416 e. The molecule has 3 aromatic rings. The zero-order valence-electron chi connectivity index (χ0n) is 14.1. The van der Waals surface area contributed by atoms with Crippen molar-refractivity contribution in [1.82, 2.24) is 25.2 Å². The van der Waals surface area contributed by atoms with Gasteiger partial charge in [-0.25, -0.2) is 13.5 Å².